The van der Waals surface area contributed by atoms with Crippen LogP contribution in [0.4, 0.5) is 4.79 Å². The van der Waals surface area contributed by atoms with Crippen molar-refractivity contribution >= 4 is 12.0 Å². The van der Waals surface area contributed by atoms with Crippen LogP contribution >= 0.6 is 0 Å². The first-order valence-corrected chi connectivity index (χ1v) is 5.14. The van der Waals surface area contributed by atoms with Crippen molar-refractivity contribution in [3.63, 3.8) is 0 Å². The molecule has 1 heterocycles. The number of carboxylic acid groups (broad SMARTS) is 1. The maximum Gasteiger partial charge on any atom is 0.326 e. The zero-order chi connectivity index (χ0) is 11.6. The Labute approximate surface area is 89.4 Å². The summed E-state index contributed by atoms with van der Waals surface area (Å²) in [6, 6.07) is -1.05. The summed E-state index contributed by atoms with van der Waals surface area (Å²) in [5.74, 6) is -0.981. The highest BCUT2D eigenvalue weighted by Gasteiger charge is 2.37. The third-order valence-electron chi connectivity index (χ3n) is 2.53. The summed E-state index contributed by atoms with van der Waals surface area (Å²) in [7, 11) is 0. The summed E-state index contributed by atoms with van der Waals surface area (Å²) in [5.41, 5.74) is 0.169. The van der Waals surface area contributed by atoms with Gasteiger partial charge in [0, 0.05) is 18.5 Å². The van der Waals surface area contributed by atoms with Crippen LogP contribution in [0.25, 0.3) is 0 Å². The molecule has 0 aromatic heterocycles. The van der Waals surface area contributed by atoms with Crippen molar-refractivity contribution in [3.05, 3.63) is 0 Å². The Kier molecular flexibility index (Phi) is 3.21. The number of carbonyl (C=O) groups excluding carboxylic acids is 1. The van der Waals surface area contributed by atoms with Gasteiger partial charge >= 0.3 is 12.0 Å². The monoisotopic (exact) mass is 214 g/mol. The Bertz CT molecular complexity index is 268. The largest absolute Gasteiger partial charge is 0.480 e. The first-order chi connectivity index (χ1) is 6.85. The van der Waals surface area contributed by atoms with Gasteiger partial charge in [-0.25, -0.2) is 9.59 Å². The molecule has 1 saturated heterocycles. The summed E-state index contributed by atoms with van der Waals surface area (Å²) < 4.78 is 0. The molecule has 0 aromatic rings. The van der Waals surface area contributed by atoms with Gasteiger partial charge in [-0.3, -0.25) is 0 Å². The fourth-order valence-electron chi connectivity index (χ4n) is 1.71. The van der Waals surface area contributed by atoms with Gasteiger partial charge in [-0.15, -0.1) is 0 Å². The number of carbonyl (C=O) groups is 2. The highest BCUT2D eigenvalue weighted by Crippen LogP contribution is 2.28. The topological polar surface area (TPSA) is 69.6 Å². The second kappa shape index (κ2) is 4.08. The maximum absolute atomic E-state index is 11.5. The van der Waals surface area contributed by atoms with Crippen LogP contribution in [-0.2, 0) is 4.79 Å². The van der Waals surface area contributed by atoms with Crippen molar-refractivity contribution < 1.29 is 14.7 Å². The van der Waals surface area contributed by atoms with E-state index in [1.807, 2.05) is 0 Å². The van der Waals surface area contributed by atoms with Gasteiger partial charge in [0.25, 0.3) is 0 Å². The van der Waals surface area contributed by atoms with Crippen molar-refractivity contribution in [1.82, 2.24) is 10.2 Å². The molecule has 0 radical (unpaired) electrons. The van der Waals surface area contributed by atoms with E-state index < -0.39 is 12.0 Å². The Morgan fingerprint density at radius 2 is 2.00 bits per heavy atom. The smallest absolute Gasteiger partial charge is 0.326 e. The second-order valence-corrected chi connectivity index (χ2v) is 4.77. The Morgan fingerprint density at radius 3 is 2.33 bits per heavy atom. The summed E-state index contributed by atoms with van der Waals surface area (Å²) in [6.07, 6.45) is 0.401. The zero-order valence-electron chi connectivity index (χ0n) is 9.41. The molecule has 0 unspecified atom stereocenters. The maximum atomic E-state index is 11.5. The lowest BCUT2D eigenvalue weighted by atomic mass is 9.85. The summed E-state index contributed by atoms with van der Waals surface area (Å²) in [6.45, 7) is 7.26. The number of hydrogen-bond donors (Lipinski definition) is 2. The van der Waals surface area contributed by atoms with Crippen LogP contribution in [0.3, 0.4) is 0 Å². The second-order valence-electron chi connectivity index (χ2n) is 4.77. The molecule has 0 aliphatic carbocycles. The van der Waals surface area contributed by atoms with E-state index in [4.69, 9.17) is 5.11 Å². The highest BCUT2D eigenvalue weighted by molar-refractivity contribution is 5.83. The van der Waals surface area contributed by atoms with Crippen molar-refractivity contribution in [2.45, 2.75) is 33.2 Å². The molecule has 0 spiro atoms. The normalized spacial score (nSPS) is 20.3. The van der Waals surface area contributed by atoms with Gasteiger partial charge in [0.1, 0.15) is 6.04 Å². The quantitative estimate of drug-likeness (QED) is 0.733. The molecule has 2 N–H and O–H groups in total. The standard InChI is InChI=1S/C10H18N2O3/c1-4-7(8(13)14)11-9(15)12-5-10(2,3)6-12/h7H,4-6H2,1-3H3,(H,11,15)(H,13,14)/t7-/m0/s1. The molecule has 0 saturated carbocycles. The van der Waals surface area contributed by atoms with E-state index in [1.54, 1.807) is 11.8 Å². The van der Waals surface area contributed by atoms with Crippen LogP contribution in [0.2, 0.25) is 0 Å². The number of urea groups is 1. The number of rotatable bonds is 3. The third-order valence-corrected chi connectivity index (χ3v) is 2.53. The number of amides is 2. The van der Waals surface area contributed by atoms with Gasteiger partial charge in [-0.05, 0) is 6.42 Å². The van der Waals surface area contributed by atoms with Crippen molar-refractivity contribution in [3.8, 4) is 0 Å². The average molecular weight is 214 g/mol. The van der Waals surface area contributed by atoms with Crippen LogP contribution in [0.5, 0.6) is 0 Å². The predicted octanol–water partition coefficient (Wildman–Crippen LogP) is 0.901. The fourth-order valence-corrected chi connectivity index (χ4v) is 1.71. The molecular weight excluding hydrogens is 196 g/mol. The zero-order valence-corrected chi connectivity index (χ0v) is 9.41. The number of nitrogens with zero attached hydrogens (tertiary/aromatic N) is 1. The number of hydrogen-bond acceptors (Lipinski definition) is 2. The van der Waals surface area contributed by atoms with E-state index in [-0.39, 0.29) is 11.4 Å². The van der Waals surface area contributed by atoms with E-state index in [1.165, 1.54) is 0 Å². The number of nitrogens with one attached hydrogen (secondary N) is 1. The van der Waals surface area contributed by atoms with Crippen molar-refractivity contribution in [2.24, 2.45) is 5.41 Å². The van der Waals surface area contributed by atoms with Crippen LogP contribution in [0, 0.1) is 5.41 Å². The molecule has 5 nitrogen and oxygen atoms in total. The predicted molar refractivity (Wildman–Crippen MR) is 55.6 cm³/mol. The molecule has 2 amide bonds. The first-order valence-electron chi connectivity index (χ1n) is 5.14. The highest BCUT2D eigenvalue weighted by atomic mass is 16.4. The third kappa shape index (κ3) is 2.84. The van der Waals surface area contributed by atoms with Gasteiger partial charge in [0.15, 0.2) is 0 Å². The van der Waals surface area contributed by atoms with Gasteiger partial charge in [-0.1, -0.05) is 20.8 Å². The number of likely N-dealkylation sites (tertiary alicyclic amines) is 1. The molecule has 86 valence electrons. The van der Waals surface area contributed by atoms with E-state index in [0.29, 0.717) is 19.5 Å². The summed E-state index contributed by atoms with van der Waals surface area (Å²) in [5, 5.41) is 11.3. The molecule has 1 aliphatic heterocycles. The molecule has 1 rings (SSSR count). The lowest BCUT2D eigenvalue weighted by Gasteiger charge is -2.45. The van der Waals surface area contributed by atoms with E-state index >= 15 is 0 Å². The summed E-state index contributed by atoms with van der Waals surface area (Å²) >= 11 is 0. The molecule has 5 heteroatoms. The Morgan fingerprint density at radius 1 is 1.47 bits per heavy atom. The minimum absolute atomic E-state index is 0.169. The minimum atomic E-state index is -0.981. The van der Waals surface area contributed by atoms with E-state index in [2.05, 4.69) is 19.2 Å². The van der Waals surface area contributed by atoms with Crippen molar-refractivity contribution in [1.29, 1.82) is 0 Å². The molecule has 0 bridgehead atoms. The van der Waals surface area contributed by atoms with Crippen LogP contribution in [0.1, 0.15) is 27.2 Å². The van der Waals surface area contributed by atoms with Gasteiger partial charge in [0.2, 0.25) is 0 Å². The van der Waals surface area contributed by atoms with Crippen molar-refractivity contribution in [2.75, 3.05) is 13.1 Å². The number of aliphatic carboxylic acids is 1. The SMILES string of the molecule is CC[C@H](NC(=O)N1CC(C)(C)C1)C(=O)O. The average Bonchev–Trinajstić information content (AvgIpc) is 2.09. The fraction of sp³-hybridized carbons (Fsp3) is 0.800. The molecule has 1 atom stereocenters. The molecular formula is C10H18N2O3. The minimum Gasteiger partial charge on any atom is -0.480 e. The van der Waals surface area contributed by atoms with Crippen LogP contribution in [0.15, 0.2) is 0 Å². The molecule has 15 heavy (non-hydrogen) atoms. The molecule has 1 aliphatic rings. The van der Waals surface area contributed by atoms with Gasteiger partial charge in [0.05, 0.1) is 0 Å². The molecule has 0 aromatic carbocycles. The Hall–Kier alpha value is -1.26. The van der Waals surface area contributed by atoms with E-state index in [9.17, 15) is 9.59 Å². The summed E-state index contributed by atoms with van der Waals surface area (Å²) in [4.78, 5) is 23.9. The van der Waals surface area contributed by atoms with Gasteiger partial charge < -0.3 is 15.3 Å². The van der Waals surface area contributed by atoms with Gasteiger partial charge in [-0.2, -0.15) is 0 Å². The Balaban J connectivity index is 2.40. The number of carboxylic acids is 1. The van der Waals surface area contributed by atoms with E-state index in [0.717, 1.165) is 0 Å². The van der Waals surface area contributed by atoms with Crippen LogP contribution in [-0.4, -0.2) is 41.1 Å². The molecule has 1 fully saturated rings. The van der Waals surface area contributed by atoms with Crippen LogP contribution < -0.4 is 5.32 Å². The lowest BCUT2D eigenvalue weighted by Crippen LogP contribution is -2.60. The lowest BCUT2D eigenvalue weighted by molar-refractivity contribution is -0.139. The first kappa shape index (κ1) is 11.8.